The van der Waals surface area contributed by atoms with E-state index in [9.17, 15) is 13.2 Å². The summed E-state index contributed by atoms with van der Waals surface area (Å²) in [5, 5.41) is 0. The number of benzene rings is 1. The molecule has 7 heteroatoms. The van der Waals surface area contributed by atoms with Gasteiger partial charge in [-0.3, -0.25) is 4.79 Å². The van der Waals surface area contributed by atoms with Crippen LogP contribution in [0.25, 0.3) is 0 Å². The summed E-state index contributed by atoms with van der Waals surface area (Å²) < 4.78 is 30.8. The Balaban J connectivity index is 1.94. The Morgan fingerprint density at radius 1 is 1.00 bits per heavy atom. The smallest absolute Gasteiger partial charge is 0.257 e. The van der Waals surface area contributed by atoms with Gasteiger partial charge in [-0.05, 0) is 45.6 Å². The van der Waals surface area contributed by atoms with Crippen LogP contribution in [0.2, 0.25) is 0 Å². The van der Waals surface area contributed by atoms with Gasteiger partial charge in [0, 0.05) is 38.1 Å². The highest BCUT2D eigenvalue weighted by atomic mass is 32.2. The number of nitrogens with zero attached hydrogens (tertiary/aromatic N) is 2. The molecule has 1 fully saturated rings. The predicted octanol–water partition coefficient (Wildman–Crippen LogP) is 3.05. The lowest BCUT2D eigenvalue weighted by molar-refractivity contribution is 0.0719. The lowest BCUT2D eigenvalue weighted by Gasteiger charge is -2.27. The van der Waals surface area contributed by atoms with E-state index in [0.717, 1.165) is 30.4 Å². The summed E-state index contributed by atoms with van der Waals surface area (Å²) in [5.41, 5.74) is 3.57. The van der Waals surface area contributed by atoms with Gasteiger partial charge in [0.25, 0.3) is 5.91 Å². The molecule has 6 nitrogen and oxygen atoms in total. The summed E-state index contributed by atoms with van der Waals surface area (Å²) in [4.78, 5) is 15.1. The number of amides is 1. The van der Waals surface area contributed by atoms with Crippen molar-refractivity contribution >= 4 is 15.9 Å². The fourth-order valence-electron chi connectivity index (χ4n) is 3.71. The van der Waals surface area contributed by atoms with E-state index in [0.29, 0.717) is 30.0 Å². The number of hydrogen-bond donors (Lipinski definition) is 1. The number of sulfonamides is 1. The highest BCUT2D eigenvalue weighted by molar-refractivity contribution is 7.89. The fourth-order valence-corrected chi connectivity index (χ4v) is 5.24. The van der Waals surface area contributed by atoms with E-state index in [1.165, 1.54) is 0 Å². The molecule has 0 atom stereocenters. The van der Waals surface area contributed by atoms with Crippen molar-refractivity contribution < 1.29 is 13.2 Å². The van der Waals surface area contributed by atoms with E-state index in [1.807, 2.05) is 38.1 Å². The van der Waals surface area contributed by atoms with Gasteiger partial charge in [-0.1, -0.05) is 29.8 Å². The number of hydrogen-bond acceptors (Lipinski definition) is 3. The number of rotatable bonds is 5. The molecule has 1 N–H and O–H groups in total. The summed E-state index contributed by atoms with van der Waals surface area (Å²) in [7, 11) is -2.03. The van der Waals surface area contributed by atoms with Gasteiger partial charge in [-0.2, -0.15) is 0 Å². The third-order valence-electron chi connectivity index (χ3n) is 5.64. The van der Waals surface area contributed by atoms with Crippen LogP contribution in [0.15, 0.2) is 29.2 Å². The molecule has 152 valence electrons. The second kappa shape index (κ2) is 8.09. The molecule has 3 rings (SSSR count). The summed E-state index contributed by atoms with van der Waals surface area (Å²) in [6, 6.07) is 7.71. The van der Waals surface area contributed by atoms with Crippen molar-refractivity contribution in [3.05, 3.63) is 52.3 Å². The minimum absolute atomic E-state index is 0.107. The average molecular weight is 404 g/mol. The SMILES string of the molecule is Cc1ccc(CNS(=O)(=O)c2c(C(=O)N3CCCCC3)c(C)n(C)c2C)cc1. The lowest BCUT2D eigenvalue weighted by Crippen LogP contribution is -2.37. The van der Waals surface area contributed by atoms with Gasteiger partial charge in [0.15, 0.2) is 0 Å². The monoisotopic (exact) mass is 403 g/mol. The third kappa shape index (κ3) is 4.00. The molecule has 1 aromatic carbocycles. The van der Waals surface area contributed by atoms with E-state index < -0.39 is 10.0 Å². The van der Waals surface area contributed by atoms with Gasteiger partial charge in [0.2, 0.25) is 10.0 Å². The maximum absolute atomic E-state index is 13.2. The van der Waals surface area contributed by atoms with Crippen molar-refractivity contribution in [2.45, 2.75) is 51.5 Å². The Hall–Kier alpha value is -2.12. The standard InChI is InChI=1S/C21H29N3O3S/c1-15-8-10-18(11-9-15)14-22-28(26,27)20-17(3)23(4)16(2)19(20)21(25)24-12-6-5-7-13-24/h8-11,22H,5-7,12-14H2,1-4H3. The molecule has 0 radical (unpaired) electrons. The number of aryl methyl sites for hydroxylation is 1. The Kier molecular flexibility index (Phi) is 5.95. The summed E-state index contributed by atoms with van der Waals surface area (Å²) in [5.74, 6) is -0.184. The van der Waals surface area contributed by atoms with E-state index in [2.05, 4.69) is 4.72 Å². The van der Waals surface area contributed by atoms with Crippen molar-refractivity contribution in [3.8, 4) is 0 Å². The number of likely N-dealkylation sites (tertiary alicyclic amines) is 1. The van der Waals surface area contributed by atoms with Crippen molar-refractivity contribution in [3.63, 3.8) is 0 Å². The molecule has 1 aliphatic heterocycles. The first-order chi connectivity index (χ1) is 13.2. The maximum Gasteiger partial charge on any atom is 0.257 e. The van der Waals surface area contributed by atoms with Crippen molar-refractivity contribution in [2.75, 3.05) is 13.1 Å². The van der Waals surface area contributed by atoms with Crippen LogP contribution in [0, 0.1) is 20.8 Å². The summed E-state index contributed by atoms with van der Waals surface area (Å²) >= 11 is 0. The lowest BCUT2D eigenvalue weighted by atomic mass is 10.1. The molecule has 0 aliphatic carbocycles. The minimum atomic E-state index is -3.83. The number of piperidine rings is 1. The molecule has 1 saturated heterocycles. The van der Waals surface area contributed by atoms with Crippen LogP contribution in [-0.2, 0) is 23.6 Å². The third-order valence-corrected chi connectivity index (χ3v) is 7.20. The molecule has 0 spiro atoms. The minimum Gasteiger partial charge on any atom is -0.350 e. The molecular formula is C21H29N3O3S. The highest BCUT2D eigenvalue weighted by Crippen LogP contribution is 2.28. The average Bonchev–Trinajstić information content (AvgIpc) is 2.92. The maximum atomic E-state index is 13.2. The zero-order valence-electron chi connectivity index (χ0n) is 17.1. The Morgan fingerprint density at radius 3 is 2.21 bits per heavy atom. The first kappa shape index (κ1) is 20.6. The summed E-state index contributed by atoms with van der Waals surface area (Å²) in [6.07, 6.45) is 3.04. The quantitative estimate of drug-likeness (QED) is 0.834. The van der Waals surface area contributed by atoms with E-state index >= 15 is 0 Å². The van der Waals surface area contributed by atoms with Gasteiger partial charge >= 0.3 is 0 Å². The largest absolute Gasteiger partial charge is 0.350 e. The number of aromatic nitrogens is 1. The van der Waals surface area contributed by atoms with Gasteiger partial charge in [0.05, 0.1) is 5.56 Å². The normalized spacial score (nSPS) is 15.1. The van der Waals surface area contributed by atoms with Crippen LogP contribution in [0.5, 0.6) is 0 Å². The Morgan fingerprint density at radius 2 is 1.61 bits per heavy atom. The number of carbonyl (C=O) groups excluding carboxylic acids is 1. The fraction of sp³-hybridized carbons (Fsp3) is 0.476. The molecule has 2 heterocycles. The van der Waals surface area contributed by atoms with Crippen molar-refractivity contribution in [1.82, 2.24) is 14.2 Å². The first-order valence-electron chi connectivity index (χ1n) is 9.72. The van der Waals surface area contributed by atoms with Crippen molar-refractivity contribution in [2.24, 2.45) is 7.05 Å². The van der Waals surface area contributed by atoms with Crippen LogP contribution in [-0.4, -0.2) is 36.9 Å². The van der Waals surface area contributed by atoms with E-state index in [1.54, 1.807) is 23.4 Å². The Bertz CT molecular complexity index is 969. The molecule has 1 aliphatic rings. The summed E-state index contributed by atoms with van der Waals surface area (Å²) in [6.45, 7) is 7.10. The van der Waals surface area contributed by atoms with Crippen LogP contribution in [0.3, 0.4) is 0 Å². The topological polar surface area (TPSA) is 71.4 Å². The second-order valence-electron chi connectivity index (χ2n) is 7.60. The molecule has 1 aromatic heterocycles. The van der Waals surface area contributed by atoms with Gasteiger partial charge in [-0.15, -0.1) is 0 Å². The van der Waals surface area contributed by atoms with E-state index in [-0.39, 0.29) is 17.3 Å². The molecule has 2 aromatic rings. The highest BCUT2D eigenvalue weighted by Gasteiger charge is 2.33. The van der Waals surface area contributed by atoms with Crippen molar-refractivity contribution in [1.29, 1.82) is 0 Å². The van der Waals surface area contributed by atoms with Crippen LogP contribution < -0.4 is 4.72 Å². The zero-order valence-corrected chi connectivity index (χ0v) is 17.9. The molecule has 0 saturated carbocycles. The van der Waals surface area contributed by atoms with E-state index in [4.69, 9.17) is 0 Å². The molecule has 0 unspecified atom stereocenters. The molecule has 0 bridgehead atoms. The molecular weight excluding hydrogens is 374 g/mol. The number of carbonyl (C=O) groups is 1. The van der Waals surface area contributed by atoms with Gasteiger partial charge in [-0.25, -0.2) is 13.1 Å². The van der Waals surface area contributed by atoms with Gasteiger partial charge in [0.1, 0.15) is 4.90 Å². The second-order valence-corrected chi connectivity index (χ2v) is 9.30. The van der Waals surface area contributed by atoms with Gasteiger partial charge < -0.3 is 9.47 Å². The van der Waals surface area contributed by atoms with Crippen LogP contribution >= 0.6 is 0 Å². The predicted molar refractivity (Wildman–Crippen MR) is 110 cm³/mol. The van der Waals surface area contributed by atoms with Crippen LogP contribution in [0.1, 0.15) is 52.1 Å². The Labute approximate surface area is 167 Å². The molecule has 28 heavy (non-hydrogen) atoms. The molecule has 1 amide bonds. The van der Waals surface area contributed by atoms with Crippen LogP contribution in [0.4, 0.5) is 0 Å². The number of nitrogens with one attached hydrogen (secondary N) is 1. The first-order valence-corrected chi connectivity index (χ1v) is 11.2. The zero-order chi connectivity index (χ0) is 20.5.